The highest BCUT2D eigenvalue weighted by Gasteiger charge is 2.26. The Morgan fingerprint density at radius 3 is 2.52 bits per heavy atom. The summed E-state index contributed by atoms with van der Waals surface area (Å²) in [4.78, 5) is 26.3. The Morgan fingerprint density at radius 2 is 1.96 bits per heavy atom. The summed E-state index contributed by atoms with van der Waals surface area (Å²) in [7, 11) is 4.47. The number of thiocarbonyl (C=S) groups is 1. The summed E-state index contributed by atoms with van der Waals surface area (Å²) in [5.74, 6) is -1.44. The van der Waals surface area contributed by atoms with Crippen LogP contribution < -0.4 is 10.6 Å². The third-order valence-electron chi connectivity index (χ3n) is 3.54. The normalized spacial score (nSPS) is 10.3. The quantitative estimate of drug-likeness (QED) is 0.562. The molecule has 0 aliphatic rings. The smallest absolute Gasteiger partial charge is 0.341 e. The standard InChI is InChI=1S/C17H17ClFN3O3S2/c1-8-12(16(24)25-4)14(27-13(8)15(23)22(2)3)21-17(26)20-11-6-5-9(18)7-10(11)19/h5-7H,1-4H3,(H2,20,21,26). The molecule has 0 radical (unpaired) electrons. The van der Waals surface area contributed by atoms with Gasteiger partial charge < -0.3 is 20.3 Å². The summed E-state index contributed by atoms with van der Waals surface area (Å²) in [5.41, 5.74) is 0.802. The largest absolute Gasteiger partial charge is 0.465 e. The first-order chi connectivity index (χ1) is 12.6. The van der Waals surface area contributed by atoms with Gasteiger partial charge in [0.05, 0.1) is 23.2 Å². The third-order valence-corrected chi connectivity index (χ3v) is 5.18. The summed E-state index contributed by atoms with van der Waals surface area (Å²) < 4.78 is 18.7. The molecule has 2 aromatic rings. The summed E-state index contributed by atoms with van der Waals surface area (Å²) in [6.07, 6.45) is 0. The predicted molar refractivity (Wildman–Crippen MR) is 110 cm³/mol. The van der Waals surface area contributed by atoms with Crippen LogP contribution >= 0.6 is 35.2 Å². The first-order valence-electron chi connectivity index (χ1n) is 7.62. The molecule has 144 valence electrons. The van der Waals surface area contributed by atoms with Crippen molar-refractivity contribution >= 4 is 62.8 Å². The van der Waals surface area contributed by atoms with Crippen molar-refractivity contribution in [3.63, 3.8) is 0 Å². The van der Waals surface area contributed by atoms with Gasteiger partial charge in [-0.15, -0.1) is 11.3 Å². The van der Waals surface area contributed by atoms with Crippen LogP contribution in [0.4, 0.5) is 15.1 Å². The number of esters is 1. The Hall–Kier alpha value is -2.23. The van der Waals surface area contributed by atoms with Gasteiger partial charge >= 0.3 is 5.97 Å². The Morgan fingerprint density at radius 1 is 1.30 bits per heavy atom. The fourth-order valence-corrected chi connectivity index (χ4v) is 3.86. The van der Waals surface area contributed by atoms with Crippen molar-refractivity contribution in [2.45, 2.75) is 6.92 Å². The lowest BCUT2D eigenvalue weighted by atomic mass is 10.1. The lowest BCUT2D eigenvalue weighted by Gasteiger charge is -2.11. The summed E-state index contributed by atoms with van der Waals surface area (Å²) in [5, 5.41) is 6.17. The van der Waals surface area contributed by atoms with Crippen LogP contribution in [0, 0.1) is 12.7 Å². The Kier molecular flexibility index (Phi) is 6.74. The number of halogens is 2. The zero-order valence-corrected chi connectivity index (χ0v) is 17.4. The lowest BCUT2D eigenvalue weighted by molar-refractivity contribution is 0.0601. The number of hydrogen-bond acceptors (Lipinski definition) is 5. The average molecular weight is 430 g/mol. The number of amides is 1. The van der Waals surface area contributed by atoms with Gasteiger partial charge in [0.2, 0.25) is 0 Å². The second kappa shape index (κ2) is 8.64. The highest BCUT2D eigenvalue weighted by Crippen LogP contribution is 2.34. The molecular formula is C17H17ClFN3O3S2. The van der Waals surface area contributed by atoms with E-state index in [1.54, 1.807) is 21.0 Å². The lowest BCUT2D eigenvalue weighted by Crippen LogP contribution is -2.21. The number of carbonyl (C=O) groups excluding carboxylic acids is 2. The number of rotatable bonds is 4. The first-order valence-corrected chi connectivity index (χ1v) is 9.22. The number of hydrogen-bond donors (Lipinski definition) is 2. The molecule has 0 bridgehead atoms. The maximum atomic E-state index is 13.9. The number of anilines is 2. The zero-order chi connectivity index (χ0) is 20.3. The second-order valence-corrected chi connectivity index (χ2v) is 7.52. The van der Waals surface area contributed by atoms with Crippen LogP contribution in [0.2, 0.25) is 5.02 Å². The number of carbonyl (C=O) groups is 2. The number of nitrogens with zero attached hydrogens (tertiary/aromatic N) is 1. The van der Waals surface area contributed by atoms with Crippen molar-refractivity contribution in [3.8, 4) is 0 Å². The van der Waals surface area contributed by atoms with Crippen molar-refractivity contribution in [2.75, 3.05) is 31.8 Å². The predicted octanol–water partition coefficient (Wildman–Crippen LogP) is 4.15. The molecule has 0 saturated heterocycles. The van der Waals surface area contributed by atoms with Gasteiger partial charge in [-0.05, 0) is 42.9 Å². The maximum absolute atomic E-state index is 13.9. The fraction of sp³-hybridized carbons (Fsp3) is 0.235. The molecule has 1 amide bonds. The van der Waals surface area contributed by atoms with E-state index < -0.39 is 11.8 Å². The summed E-state index contributed by atoms with van der Waals surface area (Å²) >= 11 is 12.0. The molecule has 1 aromatic carbocycles. The Balaban J connectivity index is 2.33. The molecule has 0 atom stereocenters. The van der Waals surface area contributed by atoms with Crippen LogP contribution in [0.3, 0.4) is 0 Å². The third kappa shape index (κ3) is 4.74. The van der Waals surface area contributed by atoms with E-state index in [1.807, 2.05) is 0 Å². The van der Waals surface area contributed by atoms with Crippen LogP contribution in [0.5, 0.6) is 0 Å². The molecule has 2 N–H and O–H groups in total. The monoisotopic (exact) mass is 429 g/mol. The van der Waals surface area contributed by atoms with Crippen LogP contribution in [-0.4, -0.2) is 43.1 Å². The molecule has 10 heteroatoms. The van der Waals surface area contributed by atoms with E-state index in [9.17, 15) is 14.0 Å². The van der Waals surface area contributed by atoms with E-state index in [0.717, 1.165) is 17.4 Å². The van der Waals surface area contributed by atoms with Crippen molar-refractivity contribution in [3.05, 3.63) is 45.0 Å². The van der Waals surface area contributed by atoms with E-state index in [1.165, 1.54) is 24.1 Å². The minimum atomic E-state index is -0.607. The number of nitrogens with one attached hydrogen (secondary N) is 2. The van der Waals surface area contributed by atoms with Gasteiger partial charge in [-0.3, -0.25) is 4.79 Å². The van der Waals surface area contributed by atoms with Crippen LogP contribution in [0.15, 0.2) is 18.2 Å². The molecule has 0 aliphatic carbocycles. The van der Waals surface area contributed by atoms with Crippen molar-refractivity contribution < 1.29 is 18.7 Å². The highest BCUT2D eigenvalue weighted by molar-refractivity contribution is 7.80. The molecule has 0 unspecified atom stereocenters. The van der Waals surface area contributed by atoms with Gasteiger partial charge in [0.1, 0.15) is 10.8 Å². The number of thiophene rings is 1. The van der Waals surface area contributed by atoms with Crippen LogP contribution in [0.1, 0.15) is 25.6 Å². The zero-order valence-electron chi connectivity index (χ0n) is 15.0. The van der Waals surface area contributed by atoms with E-state index in [0.29, 0.717) is 15.4 Å². The fourth-order valence-electron chi connectivity index (χ4n) is 2.20. The van der Waals surface area contributed by atoms with Crippen molar-refractivity contribution in [2.24, 2.45) is 0 Å². The molecule has 1 heterocycles. The molecule has 0 spiro atoms. The Labute approximate surface area is 170 Å². The minimum Gasteiger partial charge on any atom is -0.465 e. The van der Waals surface area contributed by atoms with Crippen LogP contribution in [0.25, 0.3) is 0 Å². The average Bonchev–Trinajstić information content (AvgIpc) is 2.91. The summed E-state index contributed by atoms with van der Waals surface area (Å²) in [6.45, 7) is 1.65. The Bertz CT molecular complexity index is 915. The topological polar surface area (TPSA) is 70.7 Å². The van der Waals surface area contributed by atoms with Gasteiger partial charge in [0.25, 0.3) is 5.91 Å². The number of methoxy groups -OCH3 is 1. The van der Waals surface area contributed by atoms with Gasteiger partial charge in [-0.25, -0.2) is 9.18 Å². The molecule has 1 aromatic heterocycles. The molecule has 0 saturated carbocycles. The minimum absolute atomic E-state index is 0.0477. The van der Waals surface area contributed by atoms with Crippen molar-refractivity contribution in [1.29, 1.82) is 0 Å². The molecular weight excluding hydrogens is 413 g/mol. The van der Waals surface area contributed by atoms with E-state index >= 15 is 0 Å². The van der Waals surface area contributed by atoms with E-state index in [-0.39, 0.29) is 27.3 Å². The maximum Gasteiger partial charge on any atom is 0.341 e. The highest BCUT2D eigenvalue weighted by atomic mass is 35.5. The van der Waals surface area contributed by atoms with E-state index in [2.05, 4.69) is 10.6 Å². The first kappa shape index (κ1) is 21.1. The molecule has 27 heavy (non-hydrogen) atoms. The number of ether oxygens (including phenoxy) is 1. The SMILES string of the molecule is COC(=O)c1c(NC(=S)Nc2ccc(Cl)cc2F)sc(C(=O)N(C)C)c1C. The van der Waals surface area contributed by atoms with Gasteiger partial charge in [-0.1, -0.05) is 11.6 Å². The molecule has 0 aliphatic heterocycles. The van der Waals surface area contributed by atoms with Crippen LogP contribution in [-0.2, 0) is 4.74 Å². The molecule has 6 nitrogen and oxygen atoms in total. The number of benzene rings is 1. The van der Waals surface area contributed by atoms with Gasteiger partial charge in [0.15, 0.2) is 5.11 Å². The van der Waals surface area contributed by atoms with Gasteiger partial charge in [0, 0.05) is 19.1 Å². The summed E-state index contributed by atoms with van der Waals surface area (Å²) in [6, 6.07) is 4.10. The van der Waals surface area contributed by atoms with Gasteiger partial charge in [-0.2, -0.15) is 0 Å². The van der Waals surface area contributed by atoms with E-state index in [4.69, 9.17) is 28.6 Å². The van der Waals surface area contributed by atoms with Crippen molar-refractivity contribution in [1.82, 2.24) is 4.90 Å². The molecule has 2 rings (SSSR count). The second-order valence-electron chi connectivity index (χ2n) is 5.65. The molecule has 0 fully saturated rings.